The summed E-state index contributed by atoms with van der Waals surface area (Å²) in [5.74, 6) is -0.307. The van der Waals surface area contributed by atoms with Crippen LogP contribution in [-0.4, -0.2) is 25.6 Å². The number of hydrogen-bond acceptors (Lipinski definition) is 4. The van der Waals surface area contributed by atoms with Gasteiger partial charge in [-0.15, -0.1) is 0 Å². The third-order valence-electron chi connectivity index (χ3n) is 5.03. The number of para-hydroxylation sites is 2. The minimum atomic E-state index is -0.307. The molecule has 0 aliphatic heterocycles. The van der Waals surface area contributed by atoms with Gasteiger partial charge >= 0.3 is 0 Å². The number of fused-ring (bicyclic) bond motifs is 4. The van der Waals surface area contributed by atoms with E-state index in [0.717, 1.165) is 27.6 Å². The van der Waals surface area contributed by atoms with Crippen LogP contribution in [0, 0.1) is 0 Å². The van der Waals surface area contributed by atoms with Gasteiger partial charge in [-0.2, -0.15) is 0 Å². The first-order chi connectivity index (χ1) is 16.0. The van der Waals surface area contributed by atoms with Gasteiger partial charge in [0.1, 0.15) is 12.1 Å². The van der Waals surface area contributed by atoms with E-state index in [1.807, 2.05) is 41.0 Å². The highest BCUT2D eigenvalue weighted by atomic mass is 35.5. The van der Waals surface area contributed by atoms with E-state index in [2.05, 4.69) is 16.2 Å². The largest absolute Gasteiger partial charge is 0.331 e. The first-order valence-electron chi connectivity index (χ1n) is 9.93. The van der Waals surface area contributed by atoms with Crippen molar-refractivity contribution in [3.8, 4) is 0 Å². The van der Waals surface area contributed by atoms with Crippen LogP contribution in [0.2, 0.25) is 10.0 Å². The normalized spacial score (nSPS) is 11.1. The summed E-state index contributed by atoms with van der Waals surface area (Å²) in [6, 6.07) is 20.1. The number of thiocarbonyl (C=S) groups is 1. The Morgan fingerprint density at radius 3 is 2.36 bits per heavy atom. The standard InChI is InChI=1S/C23H16Cl2N6OS/c24-13-5-8-15(9-6-13)26-23(33)30-29-20(32)12-31-19-10-7-14(25)11-16(19)21-22(31)28-18-4-2-1-3-17(18)27-21/h1-11H,12H2,(H,29,32)(H2,26,30,33). The SMILES string of the molecule is O=C(Cn1c2ccc(Cl)cc2c2nc3ccccc3nc21)NNC(=S)Nc1ccc(Cl)cc1. The summed E-state index contributed by atoms with van der Waals surface area (Å²) in [5, 5.41) is 5.25. The maximum absolute atomic E-state index is 12.8. The second-order valence-electron chi connectivity index (χ2n) is 7.27. The molecule has 2 heterocycles. The molecule has 0 saturated heterocycles. The number of nitrogens with one attached hydrogen (secondary N) is 3. The molecule has 0 aliphatic carbocycles. The third kappa shape index (κ3) is 4.41. The molecule has 0 unspecified atom stereocenters. The van der Waals surface area contributed by atoms with E-state index in [1.54, 1.807) is 30.3 Å². The molecule has 3 N–H and O–H groups in total. The average molecular weight is 495 g/mol. The molecule has 0 radical (unpaired) electrons. The number of carbonyl (C=O) groups excluding carboxylic acids is 1. The Morgan fingerprint density at radius 2 is 1.61 bits per heavy atom. The molecule has 2 aromatic heterocycles. The Balaban J connectivity index is 1.40. The molecule has 5 rings (SSSR count). The molecule has 3 aromatic carbocycles. The lowest BCUT2D eigenvalue weighted by Gasteiger charge is -2.12. The smallest absolute Gasteiger partial charge is 0.258 e. The highest BCUT2D eigenvalue weighted by Crippen LogP contribution is 2.30. The van der Waals surface area contributed by atoms with E-state index in [-0.39, 0.29) is 17.6 Å². The third-order valence-corrected chi connectivity index (χ3v) is 5.72. The molecule has 0 spiro atoms. The monoisotopic (exact) mass is 494 g/mol. The van der Waals surface area contributed by atoms with Gasteiger partial charge < -0.3 is 9.88 Å². The molecule has 0 atom stereocenters. The van der Waals surface area contributed by atoms with Crippen LogP contribution in [0.1, 0.15) is 0 Å². The van der Waals surface area contributed by atoms with Crippen LogP contribution in [0.15, 0.2) is 66.7 Å². The topological polar surface area (TPSA) is 83.9 Å². The molecule has 5 aromatic rings. The molecule has 164 valence electrons. The van der Waals surface area contributed by atoms with Crippen LogP contribution >= 0.6 is 35.4 Å². The van der Waals surface area contributed by atoms with Gasteiger partial charge in [-0.3, -0.25) is 15.6 Å². The number of nitrogens with zero attached hydrogens (tertiary/aromatic N) is 3. The first kappa shape index (κ1) is 21.4. The summed E-state index contributed by atoms with van der Waals surface area (Å²) in [7, 11) is 0. The predicted molar refractivity (Wildman–Crippen MR) is 137 cm³/mol. The Labute approximate surface area is 203 Å². The van der Waals surface area contributed by atoms with E-state index in [1.165, 1.54) is 0 Å². The second kappa shape index (κ2) is 8.82. The quantitative estimate of drug-likeness (QED) is 0.240. The Morgan fingerprint density at radius 1 is 0.909 bits per heavy atom. The minimum absolute atomic E-state index is 0.00517. The van der Waals surface area contributed by atoms with Crippen molar-refractivity contribution in [3.63, 3.8) is 0 Å². The summed E-state index contributed by atoms with van der Waals surface area (Å²) in [4.78, 5) is 22.3. The molecule has 0 bridgehead atoms. The predicted octanol–water partition coefficient (Wildman–Crippen LogP) is 5.06. The van der Waals surface area contributed by atoms with E-state index in [4.69, 9.17) is 45.4 Å². The number of rotatable bonds is 3. The fraction of sp³-hybridized carbons (Fsp3) is 0.0435. The van der Waals surface area contributed by atoms with Crippen LogP contribution in [0.4, 0.5) is 5.69 Å². The molecule has 7 nitrogen and oxygen atoms in total. The summed E-state index contributed by atoms with van der Waals surface area (Å²) in [6.45, 7) is 0.00517. The molecule has 10 heteroatoms. The fourth-order valence-electron chi connectivity index (χ4n) is 3.57. The van der Waals surface area contributed by atoms with Crippen molar-refractivity contribution < 1.29 is 4.79 Å². The van der Waals surface area contributed by atoms with Gasteiger partial charge in [0.15, 0.2) is 10.8 Å². The lowest BCUT2D eigenvalue weighted by atomic mass is 10.2. The highest BCUT2D eigenvalue weighted by molar-refractivity contribution is 7.80. The van der Waals surface area contributed by atoms with Gasteiger partial charge in [0.05, 0.1) is 16.6 Å². The zero-order valence-corrected chi connectivity index (χ0v) is 19.3. The van der Waals surface area contributed by atoms with Gasteiger partial charge in [0.2, 0.25) is 0 Å². The van der Waals surface area contributed by atoms with Crippen LogP contribution in [0.5, 0.6) is 0 Å². The Bertz CT molecular complexity index is 1530. The average Bonchev–Trinajstić information content (AvgIpc) is 3.09. The van der Waals surface area contributed by atoms with Crippen molar-refractivity contribution in [1.29, 1.82) is 0 Å². The number of hydrazine groups is 1. The molecular weight excluding hydrogens is 479 g/mol. The van der Waals surface area contributed by atoms with Crippen molar-refractivity contribution in [2.24, 2.45) is 0 Å². The van der Waals surface area contributed by atoms with Crippen molar-refractivity contribution in [1.82, 2.24) is 25.4 Å². The second-order valence-corrected chi connectivity index (χ2v) is 8.55. The highest BCUT2D eigenvalue weighted by Gasteiger charge is 2.17. The van der Waals surface area contributed by atoms with Gasteiger partial charge in [0, 0.05) is 21.1 Å². The maximum atomic E-state index is 12.8. The van der Waals surface area contributed by atoms with Crippen LogP contribution in [-0.2, 0) is 11.3 Å². The van der Waals surface area contributed by atoms with E-state index < -0.39 is 0 Å². The van der Waals surface area contributed by atoms with Crippen LogP contribution < -0.4 is 16.2 Å². The van der Waals surface area contributed by atoms with Crippen molar-refractivity contribution in [2.75, 3.05) is 5.32 Å². The number of anilines is 1. The van der Waals surface area contributed by atoms with Crippen molar-refractivity contribution >= 4 is 85.2 Å². The fourth-order valence-corrected chi connectivity index (χ4v) is 4.04. The zero-order chi connectivity index (χ0) is 22.9. The minimum Gasteiger partial charge on any atom is -0.331 e. The maximum Gasteiger partial charge on any atom is 0.258 e. The zero-order valence-electron chi connectivity index (χ0n) is 17.0. The Hall–Kier alpha value is -3.46. The molecule has 0 aliphatic rings. The van der Waals surface area contributed by atoms with E-state index in [0.29, 0.717) is 21.2 Å². The molecule has 0 fully saturated rings. The first-order valence-corrected chi connectivity index (χ1v) is 11.1. The van der Waals surface area contributed by atoms with Crippen molar-refractivity contribution in [2.45, 2.75) is 6.54 Å². The number of carbonyl (C=O) groups is 1. The summed E-state index contributed by atoms with van der Waals surface area (Å²) >= 11 is 17.4. The number of aromatic nitrogens is 3. The lowest BCUT2D eigenvalue weighted by Crippen LogP contribution is -2.45. The number of amides is 1. The van der Waals surface area contributed by atoms with Gasteiger partial charge in [0.25, 0.3) is 5.91 Å². The number of benzene rings is 3. The van der Waals surface area contributed by atoms with Gasteiger partial charge in [-0.1, -0.05) is 35.3 Å². The molecule has 33 heavy (non-hydrogen) atoms. The van der Waals surface area contributed by atoms with Gasteiger partial charge in [-0.25, -0.2) is 9.97 Å². The molecule has 0 saturated carbocycles. The summed E-state index contributed by atoms with van der Waals surface area (Å²) in [5.41, 5.74) is 9.68. The van der Waals surface area contributed by atoms with Crippen molar-refractivity contribution in [3.05, 3.63) is 76.8 Å². The lowest BCUT2D eigenvalue weighted by molar-refractivity contribution is -0.122. The molecule has 1 amide bonds. The van der Waals surface area contributed by atoms with E-state index in [9.17, 15) is 4.79 Å². The van der Waals surface area contributed by atoms with Crippen LogP contribution in [0.25, 0.3) is 33.1 Å². The van der Waals surface area contributed by atoms with E-state index >= 15 is 0 Å². The summed E-state index contributed by atoms with van der Waals surface area (Å²) in [6.07, 6.45) is 0. The Kier molecular flexibility index (Phi) is 5.72. The van der Waals surface area contributed by atoms with Gasteiger partial charge in [-0.05, 0) is 66.8 Å². The van der Waals surface area contributed by atoms with Crippen LogP contribution in [0.3, 0.4) is 0 Å². The number of hydrogen-bond donors (Lipinski definition) is 3. The number of halogens is 2. The molecular formula is C23H16Cl2N6OS. The summed E-state index contributed by atoms with van der Waals surface area (Å²) < 4.78 is 1.81.